The van der Waals surface area contributed by atoms with Gasteiger partial charge in [0.05, 0.1) is 12.8 Å². The number of thioether (sulfide) groups is 1. The topological polar surface area (TPSA) is 90.4 Å². The summed E-state index contributed by atoms with van der Waals surface area (Å²) in [6.07, 6.45) is 2.55. The van der Waals surface area contributed by atoms with Gasteiger partial charge in [-0.1, -0.05) is 23.9 Å². The number of hydrogen-bond acceptors (Lipinski definition) is 7. The Labute approximate surface area is 162 Å². The van der Waals surface area contributed by atoms with Crippen LogP contribution in [-0.4, -0.2) is 41.8 Å². The standard InChI is InChI=1S/C19H23N3O4S/c1-12-14(13(2)21-19(20-12)27-4)9-10-18(24)26-11-17(23)22-15-7-5-6-8-16(15)25-3/h5-8H,9-11H2,1-4H3,(H,22,23). The van der Waals surface area contributed by atoms with Gasteiger partial charge in [0, 0.05) is 17.8 Å². The van der Waals surface area contributed by atoms with Gasteiger partial charge in [0.15, 0.2) is 11.8 Å². The van der Waals surface area contributed by atoms with Gasteiger partial charge in [-0.25, -0.2) is 9.97 Å². The second kappa shape index (κ2) is 9.91. The van der Waals surface area contributed by atoms with Crippen LogP contribution in [0.4, 0.5) is 5.69 Å². The van der Waals surface area contributed by atoms with E-state index in [1.807, 2.05) is 20.1 Å². The number of nitrogens with zero attached hydrogens (tertiary/aromatic N) is 2. The van der Waals surface area contributed by atoms with Crippen molar-refractivity contribution in [1.82, 2.24) is 9.97 Å². The maximum atomic E-state index is 12.0. The number of methoxy groups -OCH3 is 1. The van der Waals surface area contributed by atoms with Crippen LogP contribution in [0.2, 0.25) is 0 Å². The molecule has 0 aliphatic rings. The van der Waals surface area contributed by atoms with E-state index in [4.69, 9.17) is 9.47 Å². The molecule has 0 aliphatic carbocycles. The molecule has 0 unspecified atom stereocenters. The summed E-state index contributed by atoms with van der Waals surface area (Å²) < 4.78 is 10.2. The molecule has 7 nitrogen and oxygen atoms in total. The number of carbonyl (C=O) groups is 2. The first-order valence-electron chi connectivity index (χ1n) is 8.41. The number of esters is 1. The lowest BCUT2D eigenvalue weighted by Crippen LogP contribution is -2.21. The first kappa shape index (κ1) is 20.7. The van der Waals surface area contributed by atoms with Gasteiger partial charge in [-0.05, 0) is 44.2 Å². The number of aromatic nitrogens is 2. The second-order valence-electron chi connectivity index (χ2n) is 5.77. The first-order valence-corrected chi connectivity index (χ1v) is 9.63. The minimum absolute atomic E-state index is 0.158. The van der Waals surface area contributed by atoms with Crippen molar-refractivity contribution in [2.45, 2.75) is 31.8 Å². The molecule has 8 heteroatoms. The summed E-state index contributed by atoms with van der Waals surface area (Å²) in [5.41, 5.74) is 3.17. The summed E-state index contributed by atoms with van der Waals surface area (Å²) in [7, 11) is 1.52. The van der Waals surface area contributed by atoms with Gasteiger partial charge >= 0.3 is 5.97 Å². The predicted molar refractivity (Wildman–Crippen MR) is 104 cm³/mol. The van der Waals surface area contributed by atoms with E-state index in [1.54, 1.807) is 24.3 Å². The zero-order chi connectivity index (χ0) is 19.8. The van der Waals surface area contributed by atoms with Crippen LogP contribution in [0.25, 0.3) is 0 Å². The molecule has 1 amide bonds. The third-order valence-electron chi connectivity index (χ3n) is 3.91. The van der Waals surface area contributed by atoms with E-state index in [0.29, 0.717) is 23.0 Å². The fourth-order valence-corrected chi connectivity index (χ4v) is 3.00. The maximum Gasteiger partial charge on any atom is 0.306 e. The van der Waals surface area contributed by atoms with E-state index < -0.39 is 11.9 Å². The van der Waals surface area contributed by atoms with Crippen LogP contribution in [0.1, 0.15) is 23.4 Å². The molecule has 0 radical (unpaired) electrons. The molecule has 0 saturated heterocycles. The molecule has 1 aromatic carbocycles. The maximum absolute atomic E-state index is 12.0. The number of anilines is 1. The van der Waals surface area contributed by atoms with E-state index in [0.717, 1.165) is 17.0 Å². The van der Waals surface area contributed by atoms with Crippen LogP contribution in [0, 0.1) is 13.8 Å². The largest absolute Gasteiger partial charge is 0.495 e. The normalized spacial score (nSPS) is 10.4. The predicted octanol–water partition coefficient (Wildman–Crippen LogP) is 2.94. The lowest BCUT2D eigenvalue weighted by molar-refractivity contribution is -0.147. The minimum atomic E-state index is -0.446. The van der Waals surface area contributed by atoms with Gasteiger partial charge in [-0.15, -0.1) is 0 Å². The van der Waals surface area contributed by atoms with Crippen LogP contribution in [0.3, 0.4) is 0 Å². The average Bonchev–Trinajstić information content (AvgIpc) is 2.65. The van der Waals surface area contributed by atoms with Crippen molar-refractivity contribution in [2.24, 2.45) is 0 Å². The summed E-state index contributed by atoms with van der Waals surface area (Å²) in [5.74, 6) is -0.331. The molecule has 0 fully saturated rings. The Kier molecular flexibility index (Phi) is 7.60. The van der Waals surface area contributed by atoms with Crippen LogP contribution in [-0.2, 0) is 20.7 Å². The van der Waals surface area contributed by atoms with Crippen LogP contribution >= 0.6 is 11.8 Å². The quantitative estimate of drug-likeness (QED) is 0.422. The van der Waals surface area contributed by atoms with Gasteiger partial charge < -0.3 is 14.8 Å². The van der Waals surface area contributed by atoms with E-state index in [9.17, 15) is 9.59 Å². The van der Waals surface area contributed by atoms with Crippen molar-refractivity contribution < 1.29 is 19.1 Å². The molecule has 144 valence electrons. The van der Waals surface area contributed by atoms with Gasteiger partial charge in [-0.2, -0.15) is 0 Å². The number of benzene rings is 1. The Balaban J connectivity index is 1.83. The lowest BCUT2D eigenvalue weighted by Gasteiger charge is -2.11. The molecule has 27 heavy (non-hydrogen) atoms. The van der Waals surface area contributed by atoms with Crippen molar-refractivity contribution in [3.05, 3.63) is 41.2 Å². The monoisotopic (exact) mass is 389 g/mol. The molecule has 0 aliphatic heterocycles. The van der Waals surface area contributed by atoms with E-state index in [2.05, 4.69) is 15.3 Å². The van der Waals surface area contributed by atoms with Gasteiger partial charge in [0.2, 0.25) is 0 Å². The number of carbonyl (C=O) groups excluding carboxylic acids is 2. The number of aryl methyl sites for hydroxylation is 2. The van der Waals surface area contributed by atoms with Crippen molar-refractivity contribution in [2.75, 3.05) is 25.3 Å². The molecule has 0 bridgehead atoms. The molecule has 1 aromatic heterocycles. The highest BCUT2D eigenvalue weighted by Crippen LogP contribution is 2.22. The molecule has 2 rings (SSSR count). The third kappa shape index (κ3) is 5.96. The van der Waals surface area contributed by atoms with Crippen LogP contribution < -0.4 is 10.1 Å². The fraction of sp³-hybridized carbons (Fsp3) is 0.368. The second-order valence-corrected chi connectivity index (χ2v) is 6.54. The molecule has 2 aromatic rings. The first-order chi connectivity index (χ1) is 12.9. The molecule has 1 heterocycles. The summed E-state index contributed by atoms with van der Waals surface area (Å²) in [4.78, 5) is 32.7. The average molecular weight is 389 g/mol. The van der Waals surface area contributed by atoms with Crippen molar-refractivity contribution in [3.8, 4) is 5.75 Å². The summed E-state index contributed by atoms with van der Waals surface area (Å²) in [5, 5.41) is 3.37. The number of para-hydroxylation sites is 2. The number of rotatable bonds is 8. The number of nitrogens with one attached hydrogen (secondary N) is 1. The SMILES string of the molecule is COc1ccccc1NC(=O)COC(=O)CCc1c(C)nc(SC)nc1C. The smallest absolute Gasteiger partial charge is 0.306 e. The third-order valence-corrected chi connectivity index (χ3v) is 4.45. The molecule has 1 N–H and O–H groups in total. The van der Waals surface area contributed by atoms with Crippen molar-refractivity contribution >= 4 is 29.3 Å². The van der Waals surface area contributed by atoms with E-state index in [1.165, 1.54) is 18.9 Å². The molecule has 0 atom stereocenters. The molecule has 0 saturated carbocycles. The Morgan fingerprint density at radius 1 is 1.15 bits per heavy atom. The van der Waals surface area contributed by atoms with Crippen molar-refractivity contribution in [1.29, 1.82) is 0 Å². The lowest BCUT2D eigenvalue weighted by atomic mass is 10.1. The van der Waals surface area contributed by atoms with Gasteiger partial charge in [0.1, 0.15) is 5.75 Å². The Morgan fingerprint density at radius 2 is 1.81 bits per heavy atom. The van der Waals surface area contributed by atoms with E-state index in [-0.39, 0.29) is 13.0 Å². The molecular weight excluding hydrogens is 366 g/mol. The van der Waals surface area contributed by atoms with Gasteiger partial charge in [-0.3, -0.25) is 9.59 Å². The van der Waals surface area contributed by atoms with Crippen LogP contribution in [0.15, 0.2) is 29.4 Å². The zero-order valence-electron chi connectivity index (χ0n) is 15.9. The molecular formula is C19H23N3O4S. The number of ether oxygens (including phenoxy) is 2. The van der Waals surface area contributed by atoms with E-state index >= 15 is 0 Å². The number of amides is 1. The summed E-state index contributed by atoms with van der Waals surface area (Å²) in [6, 6.07) is 7.02. The van der Waals surface area contributed by atoms with Gasteiger partial charge in [0.25, 0.3) is 5.91 Å². The highest BCUT2D eigenvalue weighted by molar-refractivity contribution is 7.98. The summed E-state index contributed by atoms with van der Waals surface area (Å²) >= 11 is 1.48. The fourth-order valence-electron chi connectivity index (χ4n) is 2.54. The van der Waals surface area contributed by atoms with Crippen molar-refractivity contribution in [3.63, 3.8) is 0 Å². The highest BCUT2D eigenvalue weighted by Gasteiger charge is 2.13. The Hall–Kier alpha value is -2.61. The minimum Gasteiger partial charge on any atom is -0.495 e. The number of hydrogen-bond donors (Lipinski definition) is 1. The Morgan fingerprint density at radius 3 is 2.44 bits per heavy atom. The molecule has 0 spiro atoms. The Bertz CT molecular complexity index is 803. The van der Waals surface area contributed by atoms with Crippen LogP contribution in [0.5, 0.6) is 5.75 Å². The highest BCUT2D eigenvalue weighted by atomic mass is 32.2. The summed E-state index contributed by atoms with van der Waals surface area (Å²) in [6.45, 7) is 3.45. The zero-order valence-corrected chi connectivity index (χ0v) is 16.7.